The Morgan fingerprint density at radius 1 is 1.16 bits per heavy atom. The van der Waals surface area contributed by atoms with E-state index in [9.17, 15) is 4.79 Å². The molecule has 1 saturated heterocycles. The van der Waals surface area contributed by atoms with Crippen molar-refractivity contribution in [1.82, 2.24) is 24.4 Å². The van der Waals surface area contributed by atoms with Gasteiger partial charge in [0.15, 0.2) is 0 Å². The molecule has 3 atom stereocenters. The molecular formula is C29H38N6O3. The highest BCUT2D eigenvalue weighted by Crippen LogP contribution is 2.56. The van der Waals surface area contributed by atoms with Crippen LogP contribution in [0.1, 0.15) is 65.0 Å². The molecule has 1 amide bonds. The molecule has 3 aromatic heterocycles. The number of aromatic nitrogens is 4. The molecule has 202 valence electrons. The third-order valence-electron chi connectivity index (χ3n) is 8.18. The Labute approximate surface area is 224 Å². The summed E-state index contributed by atoms with van der Waals surface area (Å²) in [5.41, 5.74) is 9.65. The molecule has 0 bridgehead atoms. The van der Waals surface area contributed by atoms with Crippen molar-refractivity contribution < 1.29 is 14.3 Å². The quantitative estimate of drug-likeness (QED) is 0.459. The molecule has 9 nitrogen and oxygen atoms in total. The molecule has 4 heterocycles. The van der Waals surface area contributed by atoms with Gasteiger partial charge in [0.25, 0.3) is 0 Å². The van der Waals surface area contributed by atoms with Gasteiger partial charge in [0.05, 0.1) is 12.5 Å². The van der Waals surface area contributed by atoms with Crippen LogP contribution in [0.3, 0.4) is 0 Å². The molecule has 0 radical (unpaired) electrons. The summed E-state index contributed by atoms with van der Waals surface area (Å²) in [4.78, 5) is 28.8. The Bertz CT molecular complexity index is 1370. The Morgan fingerprint density at radius 3 is 2.58 bits per heavy atom. The summed E-state index contributed by atoms with van der Waals surface area (Å²) in [7, 11) is 3.64. The van der Waals surface area contributed by atoms with Gasteiger partial charge in [0.2, 0.25) is 5.88 Å². The van der Waals surface area contributed by atoms with Gasteiger partial charge in [-0.3, -0.25) is 0 Å². The fourth-order valence-electron chi connectivity index (χ4n) is 6.51. The topological polar surface area (TPSA) is 108 Å². The number of anilines is 1. The van der Waals surface area contributed by atoms with E-state index in [0.29, 0.717) is 18.2 Å². The van der Waals surface area contributed by atoms with Crippen LogP contribution in [0.25, 0.3) is 22.2 Å². The lowest BCUT2D eigenvalue weighted by Gasteiger charge is -2.53. The minimum atomic E-state index is -0.571. The highest BCUT2D eigenvalue weighted by molar-refractivity contribution is 6.02. The first-order valence-corrected chi connectivity index (χ1v) is 13.3. The Balaban J connectivity index is 1.75. The van der Waals surface area contributed by atoms with Crippen LogP contribution in [0.15, 0.2) is 36.8 Å². The molecule has 0 aromatic carbocycles. The number of allylic oxidation sites excluding steroid dienone is 2. The largest absolute Gasteiger partial charge is 0.481 e. The first-order chi connectivity index (χ1) is 18.1. The van der Waals surface area contributed by atoms with Gasteiger partial charge < -0.3 is 24.7 Å². The van der Waals surface area contributed by atoms with Crippen LogP contribution < -0.4 is 10.5 Å². The second kappa shape index (κ2) is 9.60. The number of nitrogen functional groups attached to an aromatic ring is 1. The summed E-state index contributed by atoms with van der Waals surface area (Å²) in [6, 6.07) is 3.74. The molecule has 2 aliphatic rings. The second-order valence-corrected chi connectivity index (χ2v) is 11.6. The Hall–Kier alpha value is -3.62. The number of likely N-dealkylation sites (tertiary alicyclic amines) is 1. The third-order valence-corrected chi connectivity index (χ3v) is 8.18. The zero-order valence-electron chi connectivity index (χ0n) is 23.2. The number of nitrogens with two attached hydrogens (primary N) is 1. The number of hydrogen-bond donors (Lipinski definition) is 1. The predicted molar refractivity (Wildman–Crippen MR) is 148 cm³/mol. The van der Waals surface area contributed by atoms with E-state index in [1.54, 1.807) is 7.11 Å². The minimum absolute atomic E-state index is 0.00409. The summed E-state index contributed by atoms with van der Waals surface area (Å²) < 4.78 is 13.3. The molecule has 0 saturated carbocycles. The number of aryl methyl sites for hydroxylation is 1. The maximum atomic E-state index is 13.4. The van der Waals surface area contributed by atoms with Gasteiger partial charge in [-0.05, 0) is 64.9 Å². The fourth-order valence-corrected chi connectivity index (χ4v) is 6.51. The Kier molecular flexibility index (Phi) is 6.57. The van der Waals surface area contributed by atoms with Crippen LogP contribution in [-0.2, 0) is 11.8 Å². The minimum Gasteiger partial charge on any atom is -0.481 e. The van der Waals surface area contributed by atoms with E-state index in [-0.39, 0.29) is 23.5 Å². The lowest BCUT2D eigenvalue weighted by molar-refractivity contribution is -0.0186. The van der Waals surface area contributed by atoms with Gasteiger partial charge in [-0.1, -0.05) is 12.2 Å². The highest BCUT2D eigenvalue weighted by atomic mass is 16.6. The van der Waals surface area contributed by atoms with Gasteiger partial charge in [-0.2, -0.15) is 0 Å². The summed E-state index contributed by atoms with van der Waals surface area (Å²) in [5.74, 6) is 0.966. The molecule has 9 heteroatoms. The zero-order chi connectivity index (χ0) is 27.2. The number of carbonyl (C=O) groups is 1. The number of rotatable bonds is 3. The van der Waals surface area contributed by atoms with Crippen molar-refractivity contribution in [3.05, 3.63) is 42.5 Å². The fraction of sp³-hybridized carbons (Fsp3) is 0.517. The van der Waals surface area contributed by atoms with Gasteiger partial charge >= 0.3 is 6.09 Å². The smallest absolute Gasteiger partial charge is 0.410 e. The number of nitrogens with zero attached hydrogens (tertiary/aromatic N) is 5. The van der Waals surface area contributed by atoms with Crippen LogP contribution >= 0.6 is 0 Å². The number of ether oxygens (including phenoxy) is 2. The monoisotopic (exact) mass is 518 g/mol. The van der Waals surface area contributed by atoms with E-state index in [0.717, 1.165) is 53.5 Å². The van der Waals surface area contributed by atoms with Crippen molar-refractivity contribution in [2.24, 2.45) is 12.5 Å². The van der Waals surface area contributed by atoms with E-state index in [2.05, 4.69) is 38.6 Å². The van der Waals surface area contributed by atoms with E-state index in [1.807, 2.05) is 51.0 Å². The molecule has 1 aliphatic heterocycles. The number of hydrogen-bond acceptors (Lipinski definition) is 7. The van der Waals surface area contributed by atoms with Crippen molar-refractivity contribution in [3.63, 3.8) is 0 Å². The van der Waals surface area contributed by atoms with Crippen LogP contribution in [0.4, 0.5) is 10.6 Å². The van der Waals surface area contributed by atoms with Crippen molar-refractivity contribution >= 4 is 22.9 Å². The van der Waals surface area contributed by atoms with Crippen molar-refractivity contribution in [2.75, 3.05) is 19.4 Å². The summed E-state index contributed by atoms with van der Waals surface area (Å²) in [5, 5.41) is 0.806. The molecular weight excluding hydrogens is 480 g/mol. The van der Waals surface area contributed by atoms with Crippen LogP contribution in [0.5, 0.6) is 5.88 Å². The lowest BCUT2D eigenvalue weighted by Crippen LogP contribution is -2.55. The van der Waals surface area contributed by atoms with Crippen molar-refractivity contribution in [2.45, 2.75) is 70.9 Å². The van der Waals surface area contributed by atoms with Crippen LogP contribution in [-0.4, -0.2) is 55.8 Å². The van der Waals surface area contributed by atoms with Gasteiger partial charge in [0, 0.05) is 54.6 Å². The molecule has 1 spiro atoms. The average Bonchev–Trinajstić information content (AvgIpc) is 3.17. The molecule has 1 fully saturated rings. The second-order valence-electron chi connectivity index (χ2n) is 11.6. The maximum Gasteiger partial charge on any atom is 0.410 e. The molecule has 38 heavy (non-hydrogen) atoms. The first-order valence-electron chi connectivity index (χ1n) is 13.3. The number of fused-ring (bicyclic) bond motifs is 1. The third kappa shape index (κ3) is 4.37. The number of methoxy groups -OCH3 is 1. The number of carbonyl (C=O) groups excluding carboxylic acids is 1. The first kappa shape index (κ1) is 26.0. The SMILES string of the molecule is COc1ccc(-c2c(C3C(C)N(C(=O)OC(C)(C)C)CCC34CC=CCC4)n(C)c3ncnc(N)c23)cn1. The van der Waals surface area contributed by atoms with Crippen LogP contribution in [0, 0.1) is 5.41 Å². The van der Waals surface area contributed by atoms with Gasteiger partial charge in [-0.25, -0.2) is 19.7 Å². The summed E-state index contributed by atoms with van der Waals surface area (Å²) in [6.45, 7) is 8.53. The number of amides is 1. The lowest BCUT2D eigenvalue weighted by atomic mass is 9.59. The summed E-state index contributed by atoms with van der Waals surface area (Å²) in [6.07, 6.45) is 11.5. The van der Waals surface area contributed by atoms with E-state index in [4.69, 9.17) is 15.2 Å². The van der Waals surface area contributed by atoms with E-state index < -0.39 is 5.60 Å². The molecule has 3 unspecified atom stereocenters. The average molecular weight is 519 g/mol. The molecule has 2 N–H and O–H groups in total. The number of pyridine rings is 1. The molecule has 3 aromatic rings. The normalized spacial score (nSPS) is 23.7. The van der Waals surface area contributed by atoms with Crippen molar-refractivity contribution in [1.29, 1.82) is 0 Å². The van der Waals surface area contributed by atoms with Gasteiger partial charge in [0.1, 0.15) is 23.4 Å². The highest BCUT2D eigenvalue weighted by Gasteiger charge is 2.51. The van der Waals surface area contributed by atoms with E-state index >= 15 is 0 Å². The van der Waals surface area contributed by atoms with E-state index in [1.165, 1.54) is 6.33 Å². The number of piperidine rings is 1. The maximum absolute atomic E-state index is 13.4. The van der Waals surface area contributed by atoms with Gasteiger partial charge in [-0.15, -0.1) is 0 Å². The van der Waals surface area contributed by atoms with Crippen LogP contribution in [0.2, 0.25) is 0 Å². The Morgan fingerprint density at radius 2 is 1.95 bits per heavy atom. The predicted octanol–water partition coefficient (Wildman–Crippen LogP) is 5.46. The molecule has 5 rings (SSSR count). The van der Waals surface area contributed by atoms with Crippen molar-refractivity contribution in [3.8, 4) is 17.0 Å². The standard InChI is InChI=1S/C29H38N6O3/c1-18-23(29(12-8-7-9-13-29)14-15-35(18)27(36)38-28(2,3)4)24-21(19-10-11-20(37-6)31-16-19)22-25(30)32-17-33-26(22)34(24)5/h7-8,10-11,16-18,23H,9,12-15H2,1-6H3,(H2,30,32,33). The molecule has 1 aliphatic carbocycles. The zero-order valence-corrected chi connectivity index (χ0v) is 23.2. The summed E-state index contributed by atoms with van der Waals surface area (Å²) >= 11 is 0.